The second kappa shape index (κ2) is 6.27. The monoisotopic (exact) mass is 281 g/mol. The highest BCUT2D eigenvalue weighted by Crippen LogP contribution is 2.25. The Morgan fingerprint density at radius 3 is 2.61 bits per heavy atom. The molecule has 0 spiro atoms. The molecule has 1 rings (SSSR count). The van der Waals surface area contributed by atoms with E-state index in [1.54, 1.807) is 14.1 Å². The Morgan fingerprint density at radius 2 is 2.11 bits per heavy atom. The number of hydrogen-bond acceptors (Lipinski definition) is 3. The zero-order valence-electron chi connectivity index (χ0n) is 11.6. The molecule has 108 valence electrons. The molecule has 0 aliphatic carbocycles. The van der Waals surface area contributed by atoms with E-state index in [0.29, 0.717) is 13.1 Å². The van der Waals surface area contributed by atoms with Gasteiger partial charge >= 0.3 is 0 Å². The number of halogens is 1. The summed E-state index contributed by atoms with van der Waals surface area (Å²) in [6.45, 7) is 4.81. The number of nitrogens with zero attached hydrogens (tertiary/aromatic N) is 2. The van der Waals surface area contributed by atoms with E-state index in [9.17, 15) is 12.8 Å². The molecule has 1 saturated heterocycles. The molecular formula is C11H24FN3O2S. The molecule has 1 aliphatic rings. The molecule has 1 fully saturated rings. The van der Waals surface area contributed by atoms with Gasteiger partial charge in [-0.15, -0.1) is 0 Å². The molecule has 0 aromatic carbocycles. The maximum Gasteiger partial charge on any atom is 0.282 e. The fourth-order valence-electron chi connectivity index (χ4n) is 2.32. The summed E-state index contributed by atoms with van der Waals surface area (Å²) in [5.41, 5.74) is 0. The number of likely N-dealkylation sites (N-methyl/N-ethyl adjacent to an activating group) is 1. The SMILES string of the molecule is CNC[C@@H]1C[C@H](F)CN1S(=O)(=O)N(C)CC(C)C. The van der Waals surface area contributed by atoms with Crippen LogP contribution in [0, 0.1) is 5.92 Å². The third kappa shape index (κ3) is 3.63. The second-order valence-electron chi connectivity index (χ2n) is 5.30. The van der Waals surface area contributed by atoms with E-state index in [0.717, 1.165) is 0 Å². The van der Waals surface area contributed by atoms with Crippen LogP contribution >= 0.6 is 0 Å². The lowest BCUT2D eigenvalue weighted by Crippen LogP contribution is -2.48. The standard InChI is InChI=1S/C11H24FN3O2S/c1-9(2)7-14(4)18(16,17)15-8-10(12)5-11(15)6-13-3/h9-11,13H,5-8H2,1-4H3/t10-,11-/m0/s1. The molecule has 5 nitrogen and oxygen atoms in total. The molecule has 0 saturated carbocycles. The Labute approximate surface area is 110 Å². The van der Waals surface area contributed by atoms with Crippen LogP contribution in [0.5, 0.6) is 0 Å². The summed E-state index contributed by atoms with van der Waals surface area (Å²) in [5.74, 6) is 0.247. The summed E-state index contributed by atoms with van der Waals surface area (Å²) < 4.78 is 40.8. The van der Waals surface area contributed by atoms with Crippen LogP contribution in [-0.2, 0) is 10.2 Å². The Morgan fingerprint density at radius 1 is 1.50 bits per heavy atom. The van der Waals surface area contributed by atoms with Crippen molar-refractivity contribution in [3.8, 4) is 0 Å². The largest absolute Gasteiger partial charge is 0.318 e. The quantitative estimate of drug-likeness (QED) is 0.769. The fourth-order valence-corrected chi connectivity index (χ4v) is 4.05. The van der Waals surface area contributed by atoms with E-state index < -0.39 is 16.4 Å². The maximum atomic E-state index is 13.5. The van der Waals surface area contributed by atoms with Crippen LogP contribution in [0.15, 0.2) is 0 Å². The average molecular weight is 281 g/mol. The second-order valence-corrected chi connectivity index (χ2v) is 7.28. The molecule has 0 radical (unpaired) electrons. The lowest BCUT2D eigenvalue weighted by Gasteiger charge is -2.29. The van der Waals surface area contributed by atoms with Crippen LogP contribution in [0.1, 0.15) is 20.3 Å². The van der Waals surface area contributed by atoms with E-state index in [4.69, 9.17) is 0 Å². The van der Waals surface area contributed by atoms with Gasteiger partial charge in [-0.2, -0.15) is 17.0 Å². The van der Waals surface area contributed by atoms with Crippen molar-refractivity contribution in [1.82, 2.24) is 13.9 Å². The van der Waals surface area contributed by atoms with E-state index in [-0.39, 0.29) is 24.9 Å². The molecule has 0 aromatic rings. The van der Waals surface area contributed by atoms with Gasteiger partial charge in [0.15, 0.2) is 0 Å². The summed E-state index contributed by atoms with van der Waals surface area (Å²) in [5, 5.41) is 2.92. The van der Waals surface area contributed by atoms with E-state index in [1.165, 1.54) is 8.61 Å². The molecule has 1 heterocycles. The van der Waals surface area contributed by atoms with Crippen LogP contribution in [-0.4, -0.2) is 63.0 Å². The smallest absolute Gasteiger partial charge is 0.282 e. The summed E-state index contributed by atoms with van der Waals surface area (Å²) in [7, 11) is -0.254. The van der Waals surface area contributed by atoms with Gasteiger partial charge in [-0.05, 0) is 19.4 Å². The Hall–Kier alpha value is -0.240. The van der Waals surface area contributed by atoms with Crippen molar-refractivity contribution in [2.45, 2.75) is 32.5 Å². The third-order valence-corrected chi connectivity index (χ3v) is 5.04. The van der Waals surface area contributed by atoms with Crippen molar-refractivity contribution in [3.05, 3.63) is 0 Å². The molecule has 0 aromatic heterocycles. The first kappa shape index (κ1) is 15.8. The third-order valence-electron chi connectivity index (χ3n) is 3.07. The zero-order chi connectivity index (χ0) is 13.9. The molecule has 0 unspecified atom stereocenters. The molecule has 18 heavy (non-hydrogen) atoms. The molecule has 1 aliphatic heterocycles. The fraction of sp³-hybridized carbons (Fsp3) is 1.00. The van der Waals surface area contributed by atoms with Crippen molar-refractivity contribution in [2.24, 2.45) is 5.92 Å². The summed E-state index contributed by atoms with van der Waals surface area (Å²) >= 11 is 0. The van der Waals surface area contributed by atoms with Crippen LogP contribution in [0.3, 0.4) is 0 Å². The predicted octanol–water partition coefficient (Wildman–Crippen LogP) is 0.451. The van der Waals surface area contributed by atoms with Crippen molar-refractivity contribution in [2.75, 3.05) is 33.7 Å². The van der Waals surface area contributed by atoms with Crippen LogP contribution in [0.4, 0.5) is 4.39 Å². The van der Waals surface area contributed by atoms with Gasteiger partial charge in [0.1, 0.15) is 6.17 Å². The van der Waals surface area contributed by atoms with Crippen molar-refractivity contribution in [3.63, 3.8) is 0 Å². The Kier molecular flexibility index (Phi) is 5.51. The highest BCUT2D eigenvalue weighted by molar-refractivity contribution is 7.86. The zero-order valence-corrected chi connectivity index (χ0v) is 12.4. The first-order valence-electron chi connectivity index (χ1n) is 6.30. The van der Waals surface area contributed by atoms with E-state index >= 15 is 0 Å². The van der Waals surface area contributed by atoms with Gasteiger partial charge in [-0.1, -0.05) is 13.8 Å². The van der Waals surface area contributed by atoms with Crippen molar-refractivity contribution < 1.29 is 12.8 Å². The number of hydrogen-bond donors (Lipinski definition) is 1. The Balaban J connectivity index is 2.82. The van der Waals surface area contributed by atoms with Gasteiger partial charge in [0, 0.05) is 32.7 Å². The summed E-state index contributed by atoms with van der Waals surface area (Å²) in [6, 6.07) is -0.287. The van der Waals surface area contributed by atoms with Gasteiger partial charge < -0.3 is 5.32 Å². The minimum atomic E-state index is -3.55. The summed E-state index contributed by atoms with van der Waals surface area (Å²) in [6.07, 6.45) is -0.791. The molecule has 0 bridgehead atoms. The minimum Gasteiger partial charge on any atom is -0.318 e. The first-order chi connectivity index (χ1) is 8.28. The van der Waals surface area contributed by atoms with Crippen LogP contribution in [0.2, 0.25) is 0 Å². The van der Waals surface area contributed by atoms with Crippen molar-refractivity contribution >= 4 is 10.2 Å². The number of nitrogens with one attached hydrogen (secondary N) is 1. The van der Waals surface area contributed by atoms with Gasteiger partial charge in [-0.25, -0.2) is 4.39 Å². The topological polar surface area (TPSA) is 52.7 Å². The van der Waals surface area contributed by atoms with E-state index in [2.05, 4.69) is 5.32 Å². The molecular weight excluding hydrogens is 257 g/mol. The molecule has 2 atom stereocenters. The molecule has 1 N–H and O–H groups in total. The Bertz CT molecular complexity index is 361. The normalized spacial score (nSPS) is 26.4. The van der Waals surface area contributed by atoms with Crippen molar-refractivity contribution in [1.29, 1.82) is 0 Å². The van der Waals surface area contributed by atoms with Gasteiger partial charge in [0.2, 0.25) is 0 Å². The van der Waals surface area contributed by atoms with Gasteiger partial charge in [0.05, 0.1) is 0 Å². The average Bonchev–Trinajstić information content (AvgIpc) is 2.59. The lowest BCUT2D eigenvalue weighted by atomic mass is 10.2. The predicted molar refractivity (Wildman–Crippen MR) is 70.3 cm³/mol. The summed E-state index contributed by atoms with van der Waals surface area (Å²) in [4.78, 5) is 0. The molecule has 0 amide bonds. The lowest BCUT2D eigenvalue weighted by molar-refractivity contribution is 0.315. The van der Waals surface area contributed by atoms with E-state index in [1.807, 2.05) is 13.8 Å². The maximum absolute atomic E-state index is 13.5. The highest BCUT2D eigenvalue weighted by Gasteiger charge is 2.41. The number of alkyl halides is 1. The first-order valence-corrected chi connectivity index (χ1v) is 7.70. The highest BCUT2D eigenvalue weighted by atomic mass is 32.2. The van der Waals surface area contributed by atoms with Gasteiger partial charge in [-0.3, -0.25) is 0 Å². The minimum absolute atomic E-state index is 0.0306. The van der Waals surface area contributed by atoms with Crippen LogP contribution in [0.25, 0.3) is 0 Å². The van der Waals surface area contributed by atoms with Gasteiger partial charge in [0.25, 0.3) is 10.2 Å². The molecule has 7 heteroatoms. The van der Waals surface area contributed by atoms with Crippen LogP contribution < -0.4 is 5.32 Å². The number of rotatable bonds is 6.